The van der Waals surface area contributed by atoms with E-state index in [1.165, 1.54) is 22.2 Å². The molecule has 2 rings (SSSR count). The number of esters is 1. The zero-order valence-corrected chi connectivity index (χ0v) is 13.1. The van der Waals surface area contributed by atoms with Crippen molar-refractivity contribution >= 4 is 23.3 Å². The van der Waals surface area contributed by atoms with E-state index >= 15 is 0 Å². The molecular weight excluding hydrogens is 353 g/mol. The van der Waals surface area contributed by atoms with Crippen molar-refractivity contribution in [2.45, 2.75) is 19.6 Å². The lowest BCUT2D eigenvalue weighted by Gasteiger charge is -1.96. The lowest BCUT2D eigenvalue weighted by atomic mass is 10.4. The Morgan fingerprint density at radius 2 is 2.04 bits per heavy atom. The van der Waals surface area contributed by atoms with Gasteiger partial charge in [-0.2, -0.15) is 18.3 Å². The number of hydrogen-bond donors (Lipinski definition) is 2. The minimum absolute atomic E-state index is 0.346. The van der Waals surface area contributed by atoms with Gasteiger partial charge in [-0.15, -0.1) is 0 Å². The number of carboxylic acid groups (broad SMARTS) is 1. The average molecular weight is 366 g/mol. The van der Waals surface area contributed by atoms with Gasteiger partial charge < -0.3 is 15.6 Å². The summed E-state index contributed by atoms with van der Waals surface area (Å²) in [7, 11) is 0. The molecule has 0 amide bonds. The monoisotopic (exact) mass is 366 g/mol. The lowest BCUT2D eigenvalue weighted by Crippen LogP contribution is -2.21. The molecule has 0 saturated carbocycles. The SMILES string of the molecule is CCOC(=O)c1cnn(-c2ncc(CN)s2)c1.O=C(O)C(F)(F)F. The number of aromatic nitrogens is 3. The van der Waals surface area contributed by atoms with Gasteiger partial charge in [-0.3, -0.25) is 0 Å². The number of halogens is 3. The molecule has 0 atom stereocenters. The smallest absolute Gasteiger partial charge is 0.475 e. The summed E-state index contributed by atoms with van der Waals surface area (Å²) in [5, 5.41) is 11.9. The van der Waals surface area contributed by atoms with Crippen LogP contribution >= 0.6 is 11.3 Å². The summed E-state index contributed by atoms with van der Waals surface area (Å²) in [6, 6.07) is 0. The van der Waals surface area contributed by atoms with Crippen molar-refractivity contribution < 1.29 is 32.6 Å². The van der Waals surface area contributed by atoms with Crippen molar-refractivity contribution in [1.29, 1.82) is 0 Å². The molecule has 0 saturated heterocycles. The maximum absolute atomic E-state index is 11.4. The van der Waals surface area contributed by atoms with Crippen LogP contribution in [0, 0.1) is 0 Å². The molecule has 0 aliphatic carbocycles. The average Bonchev–Trinajstić information content (AvgIpc) is 3.16. The van der Waals surface area contributed by atoms with Crippen LogP contribution in [-0.4, -0.2) is 44.6 Å². The number of carbonyl (C=O) groups excluding carboxylic acids is 1. The molecule has 3 N–H and O–H groups in total. The Bertz CT molecular complexity index is 699. The Kier molecular flexibility index (Phi) is 6.85. The van der Waals surface area contributed by atoms with Crippen LogP contribution in [0.4, 0.5) is 13.2 Å². The van der Waals surface area contributed by atoms with Crippen LogP contribution < -0.4 is 5.73 Å². The van der Waals surface area contributed by atoms with Crippen molar-refractivity contribution in [3.05, 3.63) is 29.0 Å². The van der Waals surface area contributed by atoms with Gasteiger partial charge in [-0.05, 0) is 6.92 Å². The Morgan fingerprint density at radius 3 is 2.50 bits per heavy atom. The van der Waals surface area contributed by atoms with Gasteiger partial charge in [0.05, 0.1) is 18.4 Å². The Morgan fingerprint density at radius 1 is 1.42 bits per heavy atom. The normalized spacial score (nSPS) is 10.7. The van der Waals surface area contributed by atoms with E-state index in [2.05, 4.69) is 10.1 Å². The Balaban J connectivity index is 0.000000351. The molecule has 2 aromatic heterocycles. The third-order valence-electron chi connectivity index (χ3n) is 2.27. The first kappa shape index (κ1) is 19.6. The van der Waals surface area contributed by atoms with E-state index in [-0.39, 0.29) is 5.97 Å². The largest absolute Gasteiger partial charge is 0.490 e. The second-order valence-electron chi connectivity index (χ2n) is 4.01. The summed E-state index contributed by atoms with van der Waals surface area (Å²) in [5.74, 6) is -3.14. The Labute approximate surface area is 137 Å². The van der Waals surface area contributed by atoms with Crippen molar-refractivity contribution in [3.63, 3.8) is 0 Å². The fourth-order valence-electron chi connectivity index (χ4n) is 1.24. The first-order chi connectivity index (χ1) is 11.2. The number of carbonyl (C=O) groups is 2. The van der Waals surface area contributed by atoms with E-state index in [4.69, 9.17) is 20.4 Å². The fraction of sp³-hybridized carbons (Fsp3) is 0.333. The summed E-state index contributed by atoms with van der Waals surface area (Å²) < 4.78 is 38.1. The molecular formula is C12H13F3N4O4S. The van der Waals surface area contributed by atoms with E-state index in [0.717, 1.165) is 4.88 Å². The zero-order chi connectivity index (χ0) is 18.3. The third-order valence-corrected chi connectivity index (χ3v) is 3.28. The fourth-order valence-corrected chi connectivity index (χ4v) is 1.97. The molecule has 0 spiro atoms. The van der Waals surface area contributed by atoms with Crippen LogP contribution in [0.3, 0.4) is 0 Å². The van der Waals surface area contributed by atoms with Crippen LogP contribution in [0.25, 0.3) is 5.13 Å². The van der Waals surface area contributed by atoms with Gasteiger partial charge in [-0.1, -0.05) is 11.3 Å². The van der Waals surface area contributed by atoms with Crippen LogP contribution in [0.5, 0.6) is 0 Å². The minimum atomic E-state index is -5.08. The highest BCUT2D eigenvalue weighted by Crippen LogP contribution is 2.16. The van der Waals surface area contributed by atoms with Crippen LogP contribution in [0.2, 0.25) is 0 Å². The molecule has 0 radical (unpaired) electrons. The molecule has 0 aliphatic heterocycles. The van der Waals surface area contributed by atoms with Gasteiger partial charge in [0.2, 0.25) is 5.13 Å². The number of nitrogens with zero attached hydrogens (tertiary/aromatic N) is 3. The highest BCUT2D eigenvalue weighted by molar-refractivity contribution is 7.14. The number of ether oxygens (including phenoxy) is 1. The van der Waals surface area contributed by atoms with Crippen LogP contribution in [-0.2, 0) is 16.1 Å². The third kappa shape index (κ3) is 5.62. The van der Waals surface area contributed by atoms with Crippen LogP contribution in [0.1, 0.15) is 22.2 Å². The molecule has 0 fully saturated rings. The number of hydrogen-bond acceptors (Lipinski definition) is 7. The second kappa shape index (κ2) is 8.40. The summed E-state index contributed by atoms with van der Waals surface area (Å²) in [5.41, 5.74) is 5.91. The zero-order valence-electron chi connectivity index (χ0n) is 12.3. The van der Waals surface area contributed by atoms with E-state index in [9.17, 15) is 18.0 Å². The predicted molar refractivity (Wildman–Crippen MR) is 76.8 cm³/mol. The first-order valence-electron chi connectivity index (χ1n) is 6.36. The highest BCUT2D eigenvalue weighted by atomic mass is 32.1. The number of nitrogens with two attached hydrogens (primary N) is 1. The summed E-state index contributed by atoms with van der Waals surface area (Å²) in [6.07, 6.45) is -0.329. The van der Waals surface area contributed by atoms with E-state index < -0.39 is 12.1 Å². The van der Waals surface area contributed by atoms with E-state index in [0.29, 0.717) is 23.8 Å². The maximum Gasteiger partial charge on any atom is 0.490 e. The molecule has 0 aliphatic rings. The van der Waals surface area contributed by atoms with Crippen molar-refractivity contribution in [2.75, 3.05) is 6.61 Å². The second-order valence-corrected chi connectivity index (χ2v) is 5.10. The quantitative estimate of drug-likeness (QED) is 0.789. The maximum atomic E-state index is 11.4. The summed E-state index contributed by atoms with van der Waals surface area (Å²) in [4.78, 5) is 25.5. The lowest BCUT2D eigenvalue weighted by molar-refractivity contribution is -0.192. The topological polar surface area (TPSA) is 120 Å². The first-order valence-corrected chi connectivity index (χ1v) is 7.17. The van der Waals surface area contributed by atoms with E-state index in [1.807, 2.05) is 0 Å². The predicted octanol–water partition coefficient (Wildman–Crippen LogP) is 1.60. The number of thiazole rings is 1. The molecule has 0 unspecified atom stereocenters. The number of carboxylic acids is 1. The van der Waals surface area contributed by atoms with Gasteiger partial charge in [-0.25, -0.2) is 19.3 Å². The molecule has 2 heterocycles. The van der Waals surface area contributed by atoms with Crippen molar-refractivity contribution in [2.24, 2.45) is 5.73 Å². The van der Waals surface area contributed by atoms with Crippen molar-refractivity contribution in [3.8, 4) is 5.13 Å². The van der Waals surface area contributed by atoms with Gasteiger partial charge in [0, 0.05) is 23.8 Å². The molecule has 0 aromatic carbocycles. The van der Waals surface area contributed by atoms with Crippen LogP contribution in [0.15, 0.2) is 18.6 Å². The molecule has 2 aromatic rings. The molecule has 12 heteroatoms. The number of rotatable bonds is 4. The molecule has 132 valence electrons. The van der Waals surface area contributed by atoms with Crippen molar-refractivity contribution in [1.82, 2.24) is 14.8 Å². The Hall–Kier alpha value is -2.47. The number of aliphatic carboxylic acids is 1. The van der Waals surface area contributed by atoms with Gasteiger partial charge in [0.25, 0.3) is 0 Å². The highest BCUT2D eigenvalue weighted by Gasteiger charge is 2.38. The van der Waals surface area contributed by atoms with E-state index in [1.54, 1.807) is 19.3 Å². The number of alkyl halides is 3. The van der Waals surface area contributed by atoms with Gasteiger partial charge in [0.15, 0.2) is 0 Å². The van der Waals surface area contributed by atoms with Gasteiger partial charge >= 0.3 is 18.1 Å². The minimum Gasteiger partial charge on any atom is -0.475 e. The molecule has 24 heavy (non-hydrogen) atoms. The van der Waals surface area contributed by atoms with Gasteiger partial charge in [0.1, 0.15) is 0 Å². The molecule has 0 bridgehead atoms. The molecule has 8 nitrogen and oxygen atoms in total. The summed E-state index contributed by atoms with van der Waals surface area (Å²) >= 11 is 1.44. The standard InChI is InChI=1S/C10H12N4O2S.C2HF3O2/c1-2-16-9(15)7-4-13-14(6-7)10-12-5-8(3-11)17-10;3-2(4,5)1(6)7/h4-6H,2-3,11H2,1H3;(H,6,7). The summed E-state index contributed by atoms with van der Waals surface area (Å²) in [6.45, 7) is 2.55.